The van der Waals surface area contributed by atoms with Gasteiger partial charge in [0.25, 0.3) is 17.7 Å². The van der Waals surface area contributed by atoms with Crippen molar-refractivity contribution in [3.05, 3.63) is 65.1 Å². The topological polar surface area (TPSA) is 159 Å². The van der Waals surface area contributed by atoms with Crippen LogP contribution in [0.4, 0.5) is 14.5 Å². The zero-order valence-electron chi connectivity index (χ0n) is 30.1. The number of piperazine rings is 1. The molecule has 6 heterocycles. The number of hydrogen-bond acceptors (Lipinski definition) is 8. The third-order valence-corrected chi connectivity index (χ3v) is 12.6. The van der Waals surface area contributed by atoms with Crippen molar-refractivity contribution in [2.45, 2.75) is 57.4 Å². The van der Waals surface area contributed by atoms with Crippen molar-refractivity contribution in [3.63, 3.8) is 0 Å². The number of amides is 4. The molecule has 0 spiro atoms. The van der Waals surface area contributed by atoms with Crippen molar-refractivity contribution in [1.29, 1.82) is 0 Å². The van der Waals surface area contributed by atoms with Crippen molar-refractivity contribution >= 4 is 40.2 Å². The highest BCUT2D eigenvalue weighted by molar-refractivity contribution is 6.03. The van der Waals surface area contributed by atoms with Gasteiger partial charge in [0.2, 0.25) is 11.8 Å². The van der Waals surface area contributed by atoms with Crippen LogP contribution in [0.3, 0.4) is 0 Å². The molecule has 54 heavy (non-hydrogen) atoms. The van der Waals surface area contributed by atoms with Gasteiger partial charge in [0.1, 0.15) is 17.4 Å². The molecule has 3 atom stereocenters. The van der Waals surface area contributed by atoms with E-state index in [-0.39, 0.29) is 30.3 Å². The molecule has 0 unspecified atom stereocenters. The summed E-state index contributed by atoms with van der Waals surface area (Å²) in [6.07, 6.45) is 4.83. The number of carbonyl (C=O) groups is 4. The number of alkyl halides is 2. The maximum atomic E-state index is 14.5. The molecule has 4 amide bonds. The Labute approximate surface area is 310 Å². The van der Waals surface area contributed by atoms with E-state index in [9.17, 15) is 28.0 Å². The van der Waals surface area contributed by atoms with Crippen molar-refractivity contribution in [3.8, 4) is 11.4 Å². The summed E-state index contributed by atoms with van der Waals surface area (Å²) < 4.78 is 29.0. The third-order valence-electron chi connectivity index (χ3n) is 12.6. The normalized spacial score (nSPS) is 25.6. The number of nitrogens with zero attached hydrogens (tertiary/aromatic N) is 5. The van der Waals surface area contributed by atoms with E-state index in [4.69, 9.17) is 0 Å². The molecule has 4 N–H and O–H groups in total. The van der Waals surface area contributed by atoms with Crippen LogP contribution in [0.1, 0.15) is 64.7 Å². The number of rotatable bonds is 7. The van der Waals surface area contributed by atoms with E-state index < -0.39 is 35.1 Å². The van der Waals surface area contributed by atoms with E-state index >= 15 is 0 Å². The molecule has 0 bridgehead atoms. The quantitative estimate of drug-likeness (QED) is 0.210. The molecule has 5 aliphatic rings. The molecule has 4 aromatic rings. The second-order valence-corrected chi connectivity index (χ2v) is 15.9. The number of nitrogens with one attached hydrogen (secondary N) is 4. The first kappa shape index (κ1) is 34.6. The maximum absolute atomic E-state index is 14.5. The lowest BCUT2D eigenvalue weighted by Crippen LogP contribution is -2.52. The molecular formula is C39H43F2N9O4. The minimum Gasteiger partial charge on any atom is -0.370 e. The smallest absolute Gasteiger partial charge is 0.270 e. The van der Waals surface area contributed by atoms with Crippen molar-refractivity contribution < 1.29 is 28.0 Å². The fraction of sp³-hybridized carbons (Fsp3) is 0.487. The Kier molecular flexibility index (Phi) is 8.32. The van der Waals surface area contributed by atoms with Gasteiger partial charge in [-0.1, -0.05) is 6.92 Å². The largest absolute Gasteiger partial charge is 0.370 e. The lowest BCUT2D eigenvalue weighted by molar-refractivity contribution is -0.134. The fourth-order valence-corrected chi connectivity index (χ4v) is 9.05. The number of halogens is 2. The number of anilines is 1. The number of H-pyrrole nitrogens is 2. The zero-order valence-corrected chi connectivity index (χ0v) is 30.1. The van der Waals surface area contributed by atoms with Gasteiger partial charge in [0.05, 0.1) is 17.6 Å². The highest BCUT2D eigenvalue weighted by atomic mass is 19.3. The van der Waals surface area contributed by atoms with Gasteiger partial charge in [-0.25, -0.2) is 13.8 Å². The molecule has 3 aliphatic heterocycles. The Bertz CT molecular complexity index is 2150. The molecule has 2 aliphatic carbocycles. The summed E-state index contributed by atoms with van der Waals surface area (Å²) >= 11 is 0. The summed E-state index contributed by atoms with van der Waals surface area (Å²) in [5.41, 5.74) is 4.79. The Morgan fingerprint density at radius 2 is 1.80 bits per heavy atom. The van der Waals surface area contributed by atoms with Gasteiger partial charge in [-0.2, -0.15) is 5.10 Å². The lowest BCUT2D eigenvalue weighted by atomic mass is 9.87. The van der Waals surface area contributed by atoms with E-state index in [0.717, 1.165) is 79.1 Å². The summed E-state index contributed by atoms with van der Waals surface area (Å²) in [6, 6.07) is 10.4. The molecular weight excluding hydrogens is 696 g/mol. The molecule has 4 fully saturated rings. The minimum absolute atomic E-state index is 0.00749. The summed E-state index contributed by atoms with van der Waals surface area (Å²) in [6.45, 7) is 7.37. The van der Waals surface area contributed by atoms with Gasteiger partial charge >= 0.3 is 0 Å². The highest BCUT2D eigenvalue weighted by Crippen LogP contribution is 2.70. The standard InChI is InChI=1S/C39H43F2N9O4/c1-38-19-31-26(18-32(38)39(38,40)41)34(47-46-31)30-17-24-16-23(2-4-27(24)43-30)37(54)50-14-12-48(13-15-50)21-22-8-10-49(11-9-22)25-3-5-28(42-20-25)35(52)44-29-6-7-33(51)45-36(29)53/h2-5,16-17,20,22,29,32,43H,6-15,18-19,21H2,1H3,(H,44,52)(H,46,47)(H,45,51,53)/t29-,32-,38+/m0/s1. The van der Waals surface area contributed by atoms with Crippen molar-refractivity contribution in [1.82, 2.24) is 40.6 Å². The van der Waals surface area contributed by atoms with Crippen LogP contribution in [0.5, 0.6) is 0 Å². The van der Waals surface area contributed by atoms with Crippen LogP contribution < -0.4 is 15.5 Å². The van der Waals surface area contributed by atoms with E-state index in [2.05, 4.69) is 40.6 Å². The lowest BCUT2D eigenvalue weighted by Gasteiger charge is -2.39. The first-order chi connectivity index (χ1) is 26.0. The Hall–Kier alpha value is -5.18. The number of imide groups is 1. The Morgan fingerprint density at radius 3 is 2.54 bits per heavy atom. The fourth-order valence-electron chi connectivity index (χ4n) is 9.05. The molecule has 0 radical (unpaired) electrons. The summed E-state index contributed by atoms with van der Waals surface area (Å²) in [5.74, 6) is -4.01. The number of carbonyl (C=O) groups excluding carboxylic acids is 4. The second kappa shape index (κ2) is 13.0. The number of piperidine rings is 2. The highest BCUT2D eigenvalue weighted by Gasteiger charge is 2.78. The van der Waals surface area contributed by atoms with Gasteiger partial charge in [-0.15, -0.1) is 0 Å². The van der Waals surface area contributed by atoms with Crippen LogP contribution in [-0.4, -0.2) is 111 Å². The third kappa shape index (κ3) is 6.02. The van der Waals surface area contributed by atoms with Crippen LogP contribution in [0, 0.1) is 17.3 Å². The van der Waals surface area contributed by atoms with Crippen LogP contribution in [0.2, 0.25) is 0 Å². The summed E-state index contributed by atoms with van der Waals surface area (Å²) in [4.78, 5) is 64.0. The average Bonchev–Trinajstić information content (AvgIpc) is 3.55. The van der Waals surface area contributed by atoms with Gasteiger partial charge in [0, 0.05) is 97.7 Å². The summed E-state index contributed by atoms with van der Waals surface area (Å²) in [5, 5.41) is 13.3. The monoisotopic (exact) mass is 739 g/mol. The van der Waals surface area contributed by atoms with E-state index in [1.807, 2.05) is 35.2 Å². The first-order valence-corrected chi connectivity index (χ1v) is 18.9. The van der Waals surface area contributed by atoms with E-state index in [0.29, 0.717) is 43.1 Å². The SMILES string of the molecule is C[C@@]12Cc3[nH]nc(-c4cc5cc(C(=O)N6CCN(CC7CCN(c8ccc(C(=O)N[C@H]9CCC(=O)NC9=O)nc8)CC7)CC6)ccc5[nH]4)c3C[C@@H]1C2(F)F. The van der Waals surface area contributed by atoms with Gasteiger partial charge in [-0.05, 0) is 68.0 Å². The Balaban J connectivity index is 0.746. The molecule has 13 nitrogen and oxygen atoms in total. The Morgan fingerprint density at radius 1 is 1.00 bits per heavy atom. The average molecular weight is 740 g/mol. The summed E-state index contributed by atoms with van der Waals surface area (Å²) in [7, 11) is 0. The molecule has 3 saturated heterocycles. The number of fused-ring (bicyclic) bond motifs is 3. The first-order valence-electron chi connectivity index (χ1n) is 18.9. The van der Waals surface area contributed by atoms with E-state index in [1.165, 1.54) is 0 Å². The van der Waals surface area contributed by atoms with Crippen LogP contribution in [0.15, 0.2) is 42.6 Å². The molecule has 9 rings (SSSR count). The number of aromatic amines is 2. The molecule has 3 aromatic heterocycles. The second-order valence-electron chi connectivity index (χ2n) is 15.9. The molecule has 282 valence electrons. The number of benzene rings is 1. The van der Waals surface area contributed by atoms with Gasteiger partial charge in [0.15, 0.2) is 0 Å². The van der Waals surface area contributed by atoms with Crippen LogP contribution in [-0.2, 0) is 22.4 Å². The zero-order chi connectivity index (χ0) is 37.4. The molecule has 1 saturated carbocycles. The van der Waals surface area contributed by atoms with Crippen molar-refractivity contribution in [2.24, 2.45) is 17.3 Å². The number of hydrogen-bond donors (Lipinski definition) is 4. The molecule has 1 aromatic carbocycles. The predicted octanol–water partition coefficient (Wildman–Crippen LogP) is 3.53. The van der Waals surface area contributed by atoms with Crippen LogP contribution in [0.25, 0.3) is 22.3 Å². The number of aromatic nitrogens is 4. The van der Waals surface area contributed by atoms with Crippen LogP contribution >= 0.6 is 0 Å². The minimum atomic E-state index is -2.65. The van der Waals surface area contributed by atoms with Crippen molar-refractivity contribution in [2.75, 3.05) is 50.7 Å². The van der Waals surface area contributed by atoms with Gasteiger partial charge in [-0.3, -0.25) is 34.5 Å². The number of pyridine rings is 1. The van der Waals surface area contributed by atoms with Gasteiger partial charge < -0.3 is 20.1 Å². The van der Waals surface area contributed by atoms with E-state index in [1.54, 1.807) is 19.2 Å². The predicted molar refractivity (Wildman–Crippen MR) is 195 cm³/mol. The maximum Gasteiger partial charge on any atom is 0.270 e. The molecule has 15 heteroatoms.